The highest BCUT2D eigenvalue weighted by Crippen LogP contribution is 2.47. The first-order chi connectivity index (χ1) is 31.9. The van der Waals surface area contributed by atoms with Crippen LogP contribution in [0.3, 0.4) is 0 Å². The zero-order valence-electron chi connectivity index (χ0n) is 38.6. The minimum Gasteiger partial charge on any atom is -0.464 e. The van der Waals surface area contributed by atoms with Crippen LogP contribution in [-0.4, -0.2) is 6.71 Å². The van der Waals surface area contributed by atoms with Crippen molar-refractivity contribution in [2.24, 2.45) is 0 Å². The first-order valence-electron chi connectivity index (χ1n) is 23.2. The molecule has 8 aromatic carbocycles. The van der Waals surface area contributed by atoms with Crippen molar-refractivity contribution < 1.29 is 8.83 Å². The van der Waals surface area contributed by atoms with Crippen LogP contribution in [0.4, 0.5) is 34.1 Å². The molecule has 0 aliphatic carbocycles. The molecule has 2 aliphatic rings. The number of benzene rings is 8. The summed E-state index contributed by atoms with van der Waals surface area (Å²) < 4.78 is 11.6. The lowest BCUT2D eigenvalue weighted by molar-refractivity contribution is 0.590. The van der Waals surface area contributed by atoms with Gasteiger partial charge in [-0.3, -0.25) is 0 Å². The van der Waals surface area contributed by atoms with Crippen LogP contribution in [0.5, 0.6) is 0 Å². The van der Waals surface area contributed by atoms with E-state index in [1.165, 1.54) is 67.0 Å². The van der Waals surface area contributed by atoms with Crippen LogP contribution in [0.1, 0.15) is 58.2 Å². The summed E-state index contributed by atoms with van der Waals surface area (Å²) in [4.78, 5) is 5.08. The third kappa shape index (κ3) is 6.59. The predicted molar refractivity (Wildman–Crippen MR) is 278 cm³/mol. The molecular weight excluding hydrogens is 803 g/mol. The summed E-state index contributed by atoms with van der Waals surface area (Å²) in [6.45, 7) is 16.1. The Balaban J connectivity index is 1.16. The number of anilines is 6. The highest BCUT2D eigenvalue weighted by molar-refractivity contribution is 7.00. The first-order valence-corrected chi connectivity index (χ1v) is 23.2. The first kappa shape index (κ1) is 40.0. The minimum absolute atomic E-state index is 0.0254. The van der Waals surface area contributed by atoms with Crippen molar-refractivity contribution in [3.63, 3.8) is 0 Å². The number of rotatable bonds is 5. The van der Waals surface area contributed by atoms with Gasteiger partial charge in [-0.2, -0.15) is 0 Å². The molecule has 0 saturated carbocycles. The van der Waals surface area contributed by atoms with E-state index in [0.29, 0.717) is 0 Å². The van der Waals surface area contributed by atoms with Gasteiger partial charge in [-0.1, -0.05) is 120 Å². The number of fused-ring (bicyclic) bond motifs is 6. The van der Waals surface area contributed by atoms with Crippen molar-refractivity contribution in [1.29, 1.82) is 0 Å². The quantitative estimate of drug-likeness (QED) is 0.162. The fourth-order valence-corrected chi connectivity index (χ4v) is 10.5. The van der Waals surface area contributed by atoms with E-state index in [9.17, 15) is 0 Å². The number of hydrogen-bond acceptors (Lipinski definition) is 4. The van der Waals surface area contributed by atoms with Crippen molar-refractivity contribution >= 4 is 79.2 Å². The molecule has 0 saturated heterocycles. The van der Waals surface area contributed by atoms with E-state index in [1.807, 2.05) is 12.1 Å². The Kier molecular flexibility index (Phi) is 8.96. The van der Waals surface area contributed by atoms with Gasteiger partial charge in [-0.25, -0.2) is 0 Å². The summed E-state index contributed by atoms with van der Waals surface area (Å²) in [5, 5.41) is 2.16. The third-order valence-corrected chi connectivity index (χ3v) is 13.9. The topological polar surface area (TPSA) is 32.8 Å². The Hall–Kier alpha value is -7.50. The third-order valence-electron chi connectivity index (χ3n) is 13.9. The van der Waals surface area contributed by atoms with Gasteiger partial charge in [0, 0.05) is 44.9 Å². The number of aryl methyl sites for hydroxylation is 1. The molecule has 320 valence electrons. The molecule has 12 rings (SSSR count). The van der Waals surface area contributed by atoms with Crippen LogP contribution >= 0.6 is 0 Å². The van der Waals surface area contributed by atoms with E-state index in [4.69, 9.17) is 8.83 Å². The maximum Gasteiger partial charge on any atom is 0.252 e. The molecule has 5 heteroatoms. The Morgan fingerprint density at radius 2 is 0.909 bits per heavy atom. The van der Waals surface area contributed by atoms with Gasteiger partial charge in [0.15, 0.2) is 0 Å². The fraction of sp³-hybridized carbons (Fsp3) is 0.148. The zero-order chi connectivity index (χ0) is 45.1. The average molecular weight is 855 g/mol. The van der Waals surface area contributed by atoms with Gasteiger partial charge in [0.1, 0.15) is 11.2 Å². The number of hydrogen-bond donors (Lipinski definition) is 0. The summed E-state index contributed by atoms with van der Waals surface area (Å²) in [6, 6.07) is 63.5. The molecule has 0 fully saturated rings. The highest BCUT2D eigenvalue weighted by Gasteiger charge is 2.44. The van der Waals surface area contributed by atoms with E-state index in [0.717, 1.165) is 55.6 Å². The van der Waals surface area contributed by atoms with E-state index < -0.39 is 0 Å². The molecule has 0 amide bonds. The molecule has 0 unspecified atom stereocenters. The number of nitrogens with zero attached hydrogens (tertiary/aromatic N) is 2. The summed E-state index contributed by atoms with van der Waals surface area (Å²) in [7, 11) is 0. The van der Waals surface area contributed by atoms with Gasteiger partial charge >= 0.3 is 0 Å². The Labute approximate surface area is 387 Å². The van der Waals surface area contributed by atoms with Gasteiger partial charge < -0.3 is 18.6 Å². The Morgan fingerprint density at radius 3 is 1.50 bits per heavy atom. The van der Waals surface area contributed by atoms with Crippen LogP contribution in [0.2, 0.25) is 0 Å². The number of furan rings is 2. The van der Waals surface area contributed by atoms with Crippen LogP contribution in [0.25, 0.3) is 55.3 Å². The maximum atomic E-state index is 5.81. The van der Waals surface area contributed by atoms with Gasteiger partial charge in [0.25, 0.3) is 6.71 Å². The van der Waals surface area contributed by atoms with Gasteiger partial charge in [-0.15, -0.1) is 0 Å². The second kappa shape index (κ2) is 14.8. The van der Waals surface area contributed by atoms with Crippen molar-refractivity contribution in [3.05, 3.63) is 199 Å². The Morgan fingerprint density at radius 1 is 0.394 bits per heavy atom. The molecule has 2 aromatic heterocycles. The largest absolute Gasteiger partial charge is 0.464 e. The molecular formula is C61H51BN2O2. The van der Waals surface area contributed by atoms with Crippen LogP contribution in [0, 0.1) is 6.92 Å². The average Bonchev–Trinajstić information content (AvgIpc) is 4.00. The van der Waals surface area contributed by atoms with Gasteiger partial charge in [0.05, 0.1) is 12.5 Å². The molecule has 0 spiro atoms. The van der Waals surface area contributed by atoms with Gasteiger partial charge in [0.2, 0.25) is 0 Å². The lowest BCUT2D eigenvalue weighted by Gasteiger charge is -2.45. The fourth-order valence-electron chi connectivity index (χ4n) is 10.5. The predicted octanol–water partition coefficient (Wildman–Crippen LogP) is 15.2. The minimum atomic E-state index is -0.0458. The van der Waals surface area contributed by atoms with Crippen LogP contribution < -0.4 is 26.2 Å². The summed E-state index contributed by atoms with van der Waals surface area (Å²) in [5.41, 5.74) is 23.5. The second-order valence-corrected chi connectivity index (χ2v) is 20.4. The van der Waals surface area contributed by atoms with E-state index in [2.05, 4.69) is 216 Å². The molecule has 2 aliphatic heterocycles. The SMILES string of the molecule is Cc1cc2c3c(c1)N(c1ccc(C(C)(C)C)cc1)c1ccc(C(C)(C)C)cc1B3c1cc(-c3ccccc3)ccc1N2c1cc(-c2ccc3occc3c2)cc(-c2ccc3occc3c2)c1. The van der Waals surface area contributed by atoms with E-state index in [1.54, 1.807) is 12.5 Å². The van der Waals surface area contributed by atoms with E-state index in [-0.39, 0.29) is 17.5 Å². The summed E-state index contributed by atoms with van der Waals surface area (Å²) >= 11 is 0. The molecule has 0 atom stereocenters. The van der Waals surface area contributed by atoms with Crippen molar-refractivity contribution in [1.82, 2.24) is 0 Å². The van der Waals surface area contributed by atoms with Crippen LogP contribution in [0.15, 0.2) is 191 Å². The maximum absolute atomic E-state index is 5.81. The molecule has 66 heavy (non-hydrogen) atoms. The second-order valence-electron chi connectivity index (χ2n) is 20.4. The monoisotopic (exact) mass is 854 g/mol. The smallest absolute Gasteiger partial charge is 0.252 e. The molecule has 4 nitrogen and oxygen atoms in total. The molecule has 4 heterocycles. The summed E-state index contributed by atoms with van der Waals surface area (Å²) in [6.07, 6.45) is 3.54. The highest BCUT2D eigenvalue weighted by atomic mass is 16.3. The lowest BCUT2D eigenvalue weighted by atomic mass is 9.33. The standard InChI is InChI=1S/C61H51BN2O2/c1-38-29-55-59-56(30-38)64(50-34-45(40-14-23-57-43(31-40)25-27-65-57)33-46(35-50)41-15-24-58-44(32-41)26-28-66-58)53-21-13-42(39-11-9-8-10-12-39)36-51(53)62(59)52-37-48(61(5,6)7)18-22-54(52)63(55)49-19-16-47(17-20-49)60(2,3)4/h8-37H,1-7H3. The lowest BCUT2D eigenvalue weighted by Crippen LogP contribution is -2.61. The van der Waals surface area contributed by atoms with Crippen molar-refractivity contribution in [2.75, 3.05) is 9.80 Å². The molecule has 10 aromatic rings. The van der Waals surface area contributed by atoms with E-state index >= 15 is 0 Å². The zero-order valence-corrected chi connectivity index (χ0v) is 38.6. The van der Waals surface area contributed by atoms with Gasteiger partial charge in [-0.05, 0) is 175 Å². The molecule has 0 radical (unpaired) electrons. The summed E-state index contributed by atoms with van der Waals surface area (Å²) in [5.74, 6) is 0. The Bertz CT molecular complexity index is 3440. The van der Waals surface area contributed by atoms with Crippen molar-refractivity contribution in [3.8, 4) is 33.4 Å². The molecule has 0 N–H and O–H groups in total. The normalized spacial score (nSPS) is 13.3. The molecule has 0 bridgehead atoms. The van der Waals surface area contributed by atoms with Crippen molar-refractivity contribution in [2.45, 2.75) is 59.3 Å². The van der Waals surface area contributed by atoms with Crippen LogP contribution in [-0.2, 0) is 10.8 Å².